The Morgan fingerprint density at radius 3 is 2.58 bits per heavy atom. The minimum Gasteiger partial charge on any atom is -0.481 e. The van der Waals surface area contributed by atoms with Gasteiger partial charge in [-0.3, -0.25) is 9.59 Å². The number of halogens is 1. The molecular weight excluding hydrogens is 427 g/mol. The van der Waals surface area contributed by atoms with E-state index in [9.17, 15) is 14.7 Å². The Bertz CT molecular complexity index is 1080. The molecule has 1 fully saturated rings. The lowest BCUT2D eigenvalue weighted by atomic mass is 9.74. The van der Waals surface area contributed by atoms with Gasteiger partial charge in [0.15, 0.2) is 0 Å². The van der Waals surface area contributed by atoms with Crippen LogP contribution in [0.2, 0.25) is 0 Å². The predicted molar refractivity (Wildman–Crippen MR) is 121 cm³/mol. The van der Waals surface area contributed by atoms with Crippen LogP contribution in [0, 0.1) is 17.7 Å². The van der Waals surface area contributed by atoms with Crippen LogP contribution in [0.5, 0.6) is 6.01 Å². The maximum Gasteiger partial charge on any atom is 0.318 e. The highest BCUT2D eigenvalue weighted by molar-refractivity contribution is 6.11. The van der Waals surface area contributed by atoms with E-state index in [1.54, 1.807) is 19.1 Å². The second-order valence-corrected chi connectivity index (χ2v) is 9.09. The number of ether oxygens (including phenoxy) is 1. The van der Waals surface area contributed by atoms with E-state index in [4.69, 9.17) is 10.5 Å². The van der Waals surface area contributed by atoms with E-state index < -0.39 is 5.97 Å². The highest BCUT2D eigenvalue weighted by atomic mass is 19.1. The molecule has 4 rings (SSSR count). The Morgan fingerprint density at radius 1 is 1.27 bits per heavy atom. The second kappa shape index (κ2) is 8.96. The van der Waals surface area contributed by atoms with Gasteiger partial charge >= 0.3 is 12.0 Å². The first kappa shape index (κ1) is 22.9. The monoisotopic (exact) mass is 456 g/mol. The summed E-state index contributed by atoms with van der Waals surface area (Å²) in [6.07, 6.45) is 3.47. The van der Waals surface area contributed by atoms with Gasteiger partial charge in [-0.25, -0.2) is 4.39 Å². The molecule has 1 aliphatic heterocycles. The lowest BCUT2D eigenvalue weighted by Gasteiger charge is -2.35. The number of carbonyl (C=O) groups excluding carboxylic acids is 1. The summed E-state index contributed by atoms with van der Waals surface area (Å²) in [5, 5.41) is 9.25. The second-order valence-electron chi connectivity index (χ2n) is 9.09. The van der Waals surface area contributed by atoms with Crippen molar-refractivity contribution in [3.05, 3.63) is 40.8 Å². The van der Waals surface area contributed by atoms with Gasteiger partial charge < -0.3 is 20.5 Å². The normalized spacial score (nSPS) is 23.7. The number of methoxy groups -OCH3 is 1. The number of fused-ring (bicyclic) bond motifs is 1. The lowest BCUT2D eigenvalue weighted by molar-refractivity contribution is -0.143. The molecule has 0 spiro atoms. The van der Waals surface area contributed by atoms with Crippen molar-refractivity contribution in [2.24, 2.45) is 11.8 Å². The van der Waals surface area contributed by atoms with Gasteiger partial charge in [0.1, 0.15) is 17.2 Å². The molecule has 0 saturated heterocycles. The molecule has 2 aromatic rings. The average molecular weight is 457 g/mol. The van der Waals surface area contributed by atoms with Crippen molar-refractivity contribution in [2.75, 3.05) is 17.7 Å². The van der Waals surface area contributed by atoms with E-state index >= 15 is 4.39 Å². The maximum atomic E-state index is 15.2. The molecule has 1 aromatic carbocycles. The van der Waals surface area contributed by atoms with Gasteiger partial charge in [0.2, 0.25) is 0 Å². The van der Waals surface area contributed by atoms with Crippen LogP contribution in [0.25, 0.3) is 0 Å². The molecule has 0 radical (unpaired) electrons. The van der Waals surface area contributed by atoms with Crippen molar-refractivity contribution in [3.8, 4) is 6.01 Å². The largest absolute Gasteiger partial charge is 0.481 e. The number of benzene rings is 1. The fourth-order valence-corrected chi connectivity index (χ4v) is 5.17. The molecule has 0 bridgehead atoms. The Kier molecular flexibility index (Phi) is 6.23. The number of hydrogen-bond donors (Lipinski definition) is 2. The van der Waals surface area contributed by atoms with Crippen LogP contribution < -0.4 is 15.4 Å². The summed E-state index contributed by atoms with van der Waals surface area (Å²) in [6, 6.07) is 4.79. The third-order valence-electron chi connectivity index (χ3n) is 7.11. The summed E-state index contributed by atoms with van der Waals surface area (Å²) in [7, 11) is 1.44. The topological polar surface area (TPSA) is 119 Å². The number of aromatic nitrogens is 2. The number of carboxylic acid groups (broad SMARTS) is 1. The molecule has 1 saturated carbocycles. The zero-order valence-corrected chi connectivity index (χ0v) is 19.0. The van der Waals surface area contributed by atoms with Gasteiger partial charge in [0.25, 0.3) is 5.91 Å². The van der Waals surface area contributed by atoms with Crippen LogP contribution >= 0.6 is 0 Å². The number of nitrogens with two attached hydrogens (primary N) is 1. The van der Waals surface area contributed by atoms with Crippen LogP contribution in [0.3, 0.4) is 0 Å². The first-order valence-corrected chi connectivity index (χ1v) is 11.3. The van der Waals surface area contributed by atoms with Crippen molar-refractivity contribution >= 4 is 23.4 Å². The number of anilines is 2. The van der Waals surface area contributed by atoms with E-state index in [1.165, 1.54) is 18.1 Å². The van der Waals surface area contributed by atoms with Crippen molar-refractivity contribution in [3.63, 3.8) is 0 Å². The summed E-state index contributed by atoms with van der Waals surface area (Å²) in [6.45, 7) is 3.62. The van der Waals surface area contributed by atoms with E-state index in [0.717, 1.165) is 25.7 Å². The van der Waals surface area contributed by atoms with Crippen LogP contribution in [-0.4, -0.2) is 40.1 Å². The zero-order valence-electron chi connectivity index (χ0n) is 19.0. The highest BCUT2D eigenvalue weighted by Crippen LogP contribution is 2.41. The smallest absolute Gasteiger partial charge is 0.318 e. The zero-order chi connectivity index (χ0) is 23.9. The first-order chi connectivity index (χ1) is 15.7. The SMILES string of the molecule is COc1nc(N)c2c(n1)CC(C)N(c1ccc(C3CCC(C(C)C(=O)O)CC3)c(F)c1)C2=O. The van der Waals surface area contributed by atoms with E-state index in [-0.39, 0.29) is 52.9 Å². The number of carbonyl (C=O) groups is 2. The minimum atomic E-state index is -0.777. The molecule has 1 aliphatic carbocycles. The van der Waals surface area contributed by atoms with Gasteiger partial charge in [0, 0.05) is 18.2 Å². The minimum absolute atomic E-state index is 0.0445. The number of carboxylic acids is 1. The Hall–Kier alpha value is -3.23. The van der Waals surface area contributed by atoms with E-state index in [1.807, 2.05) is 6.92 Å². The summed E-state index contributed by atoms with van der Waals surface area (Å²) >= 11 is 0. The molecule has 2 aliphatic rings. The third-order valence-corrected chi connectivity index (χ3v) is 7.11. The quantitative estimate of drug-likeness (QED) is 0.702. The Balaban J connectivity index is 1.55. The number of hydrogen-bond acceptors (Lipinski definition) is 6. The van der Waals surface area contributed by atoms with Crippen molar-refractivity contribution < 1.29 is 23.8 Å². The van der Waals surface area contributed by atoms with Gasteiger partial charge in [-0.15, -0.1) is 0 Å². The van der Waals surface area contributed by atoms with Gasteiger partial charge in [0.05, 0.1) is 18.7 Å². The molecular formula is C24H29FN4O4. The average Bonchev–Trinajstić information content (AvgIpc) is 2.78. The molecule has 2 heterocycles. The Labute approximate surface area is 192 Å². The maximum absolute atomic E-state index is 15.2. The van der Waals surface area contributed by atoms with E-state index in [2.05, 4.69) is 9.97 Å². The number of amides is 1. The van der Waals surface area contributed by atoms with Crippen LogP contribution in [0.4, 0.5) is 15.9 Å². The highest BCUT2D eigenvalue weighted by Gasteiger charge is 2.36. The van der Waals surface area contributed by atoms with Crippen LogP contribution in [0.15, 0.2) is 18.2 Å². The summed E-state index contributed by atoms with van der Waals surface area (Å²) in [5.74, 6) is -1.67. The van der Waals surface area contributed by atoms with Gasteiger partial charge in [-0.2, -0.15) is 9.97 Å². The first-order valence-electron chi connectivity index (χ1n) is 11.3. The van der Waals surface area contributed by atoms with Crippen molar-refractivity contribution in [2.45, 2.75) is 57.9 Å². The summed E-state index contributed by atoms with van der Waals surface area (Å²) < 4.78 is 20.3. The van der Waals surface area contributed by atoms with Gasteiger partial charge in [-0.1, -0.05) is 13.0 Å². The molecule has 1 aromatic heterocycles. The molecule has 1 amide bonds. The van der Waals surface area contributed by atoms with Crippen molar-refractivity contribution in [1.82, 2.24) is 9.97 Å². The van der Waals surface area contributed by atoms with Crippen LogP contribution in [0.1, 0.15) is 67.1 Å². The molecule has 8 nitrogen and oxygen atoms in total. The molecule has 2 unspecified atom stereocenters. The lowest BCUT2D eigenvalue weighted by Crippen LogP contribution is -2.45. The number of nitrogen functional groups attached to an aromatic ring is 1. The standard InChI is InChI=1S/C24H29FN4O4/c1-12-10-19-20(21(26)28-24(27-19)33-3)22(30)29(12)16-8-9-17(18(25)11-16)15-6-4-14(5-7-15)13(2)23(31)32/h8-9,11-15H,4-7,10H2,1-3H3,(H,31,32)(H2,26,27,28). The van der Waals surface area contributed by atoms with Crippen LogP contribution in [-0.2, 0) is 11.2 Å². The summed E-state index contributed by atoms with van der Waals surface area (Å²) in [4.78, 5) is 34.3. The molecule has 33 heavy (non-hydrogen) atoms. The molecule has 3 N–H and O–H groups in total. The molecule has 9 heteroatoms. The fraction of sp³-hybridized carbons (Fsp3) is 0.500. The van der Waals surface area contributed by atoms with Gasteiger partial charge in [-0.05, 0) is 62.1 Å². The van der Waals surface area contributed by atoms with E-state index in [0.29, 0.717) is 23.4 Å². The predicted octanol–water partition coefficient (Wildman–Crippen LogP) is 3.79. The number of rotatable bonds is 5. The Morgan fingerprint density at radius 2 is 1.97 bits per heavy atom. The summed E-state index contributed by atoms with van der Waals surface area (Å²) in [5.41, 5.74) is 7.84. The number of aliphatic carboxylic acids is 1. The fourth-order valence-electron chi connectivity index (χ4n) is 5.17. The van der Waals surface area contributed by atoms with Crippen molar-refractivity contribution in [1.29, 1.82) is 0 Å². The third kappa shape index (κ3) is 4.24. The molecule has 2 atom stereocenters. The molecule has 176 valence electrons. The number of nitrogens with zero attached hydrogens (tertiary/aromatic N) is 3.